The van der Waals surface area contributed by atoms with Gasteiger partial charge in [0.2, 0.25) is 0 Å². The van der Waals surface area contributed by atoms with Crippen LogP contribution in [0.2, 0.25) is 0 Å². The van der Waals surface area contributed by atoms with Crippen LogP contribution in [0.4, 0.5) is 0 Å². The molecule has 1 heteroatoms. The third kappa shape index (κ3) is 1.55. The molecule has 0 spiro atoms. The van der Waals surface area contributed by atoms with Crippen molar-refractivity contribution in [3.05, 3.63) is 23.4 Å². The minimum absolute atomic E-state index is 1.27. The van der Waals surface area contributed by atoms with Gasteiger partial charge >= 0.3 is 0 Å². The first kappa shape index (κ1) is 7.90. The van der Waals surface area contributed by atoms with Crippen LogP contribution in [-0.2, 0) is 0 Å². The van der Waals surface area contributed by atoms with Crippen molar-refractivity contribution in [2.24, 2.45) is 0 Å². The zero-order valence-electron chi connectivity index (χ0n) is 7.84. The van der Waals surface area contributed by atoms with Crippen molar-refractivity contribution in [1.29, 1.82) is 0 Å². The van der Waals surface area contributed by atoms with Crippen LogP contribution in [0.25, 0.3) is 0 Å². The highest BCUT2D eigenvalue weighted by atomic mass is 15.1. The van der Waals surface area contributed by atoms with Crippen LogP contribution in [0.5, 0.6) is 0 Å². The Labute approximate surface area is 74.8 Å². The number of hydrogen-bond donors (Lipinski definition) is 0. The lowest BCUT2D eigenvalue weighted by Gasteiger charge is -2.23. The molecule has 1 heterocycles. The average Bonchev–Trinajstić information content (AvgIpc) is 2.58. The van der Waals surface area contributed by atoms with E-state index in [1.54, 1.807) is 5.70 Å². The van der Waals surface area contributed by atoms with Gasteiger partial charge in [0.05, 0.1) is 0 Å². The molecule has 0 unspecified atom stereocenters. The zero-order valence-corrected chi connectivity index (χ0v) is 7.84. The number of likely N-dealkylation sites (tertiary alicyclic amines) is 1. The van der Waals surface area contributed by atoms with Gasteiger partial charge in [-0.05, 0) is 38.7 Å². The largest absolute Gasteiger partial charge is 0.375 e. The molecule has 2 aliphatic rings. The van der Waals surface area contributed by atoms with Gasteiger partial charge in [0, 0.05) is 18.8 Å². The van der Waals surface area contributed by atoms with E-state index in [0.29, 0.717) is 0 Å². The van der Waals surface area contributed by atoms with Gasteiger partial charge in [0.1, 0.15) is 0 Å². The molecular formula is C11H17N. The van der Waals surface area contributed by atoms with Gasteiger partial charge in [-0.3, -0.25) is 0 Å². The molecule has 2 rings (SSSR count). The van der Waals surface area contributed by atoms with Crippen LogP contribution in [0.3, 0.4) is 0 Å². The average molecular weight is 163 g/mol. The molecule has 0 bridgehead atoms. The summed E-state index contributed by atoms with van der Waals surface area (Å²) in [5.41, 5.74) is 3.09. The summed E-state index contributed by atoms with van der Waals surface area (Å²) in [5.74, 6) is 0. The topological polar surface area (TPSA) is 3.24 Å². The molecule has 0 N–H and O–H groups in total. The van der Waals surface area contributed by atoms with Crippen LogP contribution in [0, 0.1) is 0 Å². The van der Waals surface area contributed by atoms with E-state index in [4.69, 9.17) is 0 Å². The summed E-state index contributed by atoms with van der Waals surface area (Å²) in [5, 5.41) is 0. The number of allylic oxidation sites excluding steroid dienone is 4. The van der Waals surface area contributed by atoms with Gasteiger partial charge < -0.3 is 4.90 Å². The van der Waals surface area contributed by atoms with Crippen LogP contribution < -0.4 is 0 Å². The number of nitrogens with zero attached hydrogens (tertiary/aromatic N) is 1. The summed E-state index contributed by atoms with van der Waals surface area (Å²) < 4.78 is 0. The van der Waals surface area contributed by atoms with E-state index in [-0.39, 0.29) is 0 Å². The van der Waals surface area contributed by atoms with Crippen molar-refractivity contribution < 1.29 is 0 Å². The van der Waals surface area contributed by atoms with Gasteiger partial charge in [-0.2, -0.15) is 0 Å². The van der Waals surface area contributed by atoms with Crippen molar-refractivity contribution in [2.75, 3.05) is 13.1 Å². The van der Waals surface area contributed by atoms with Gasteiger partial charge in [0.25, 0.3) is 0 Å². The molecule has 12 heavy (non-hydrogen) atoms. The molecule has 1 saturated heterocycles. The maximum atomic E-state index is 2.54. The Bertz CT molecular complexity index is 219. The van der Waals surface area contributed by atoms with E-state index >= 15 is 0 Å². The first-order chi connectivity index (χ1) is 5.86. The molecule has 0 atom stereocenters. The van der Waals surface area contributed by atoms with Crippen LogP contribution in [0.15, 0.2) is 23.4 Å². The van der Waals surface area contributed by atoms with E-state index in [9.17, 15) is 0 Å². The van der Waals surface area contributed by atoms with Crippen LogP contribution in [-0.4, -0.2) is 18.0 Å². The fourth-order valence-corrected chi connectivity index (χ4v) is 2.00. The summed E-state index contributed by atoms with van der Waals surface area (Å²) >= 11 is 0. The predicted molar refractivity (Wildman–Crippen MR) is 51.9 cm³/mol. The van der Waals surface area contributed by atoms with Crippen LogP contribution >= 0.6 is 0 Å². The van der Waals surface area contributed by atoms with E-state index < -0.39 is 0 Å². The normalized spacial score (nSPS) is 23.9. The fraction of sp³-hybridized carbons (Fsp3) is 0.636. The number of hydrogen-bond acceptors (Lipinski definition) is 1. The summed E-state index contributed by atoms with van der Waals surface area (Å²) in [4.78, 5) is 2.54. The summed E-state index contributed by atoms with van der Waals surface area (Å²) in [6, 6.07) is 0. The van der Waals surface area contributed by atoms with E-state index in [0.717, 1.165) is 0 Å². The fourth-order valence-electron chi connectivity index (χ4n) is 2.00. The highest BCUT2D eigenvalue weighted by molar-refractivity contribution is 5.22. The molecule has 1 fully saturated rings. The van der Waals surface area contributed by atoms with Crippen molar-refractivity contribution in [3.8, 4) is 0 Å². The molecule has 1 aliphatic carbocycles. The lowest BCUT2D eigenvalue weighted by molar-refractivity contribution is 0.406. The standard InChI is InChI=1S/C11H17N/c1-10-4-6-11(7-5-10)12-8-2-3-9-12/h4,6H,2-3,5,7-9H2,1H3. The smallest absolute Gasteiger partial charge is 0.0175 e. The molecule has 0 saturated carbocycles. The summed E-state index contributed by atoms with van der Waals surface area (Å²) in [6.45, 7) is 4.80. The van der Waals surface area contributed by atoms with E-state index in [1.807, 2.05) is 0 Å². The van der Waals surface area contributed by atoms with Crippen molar-refractivity contribution in [1.82, 2.24) is 4.90 Å². The molecule has 0 radical (unpaired) electrons. The SMILES string of the molecule is CC1=CC=C(N2CCCC2)CC1. The molecular weight excluding hydrogens is 146 g/mol. The lowest BCUT2D eigenvalue weighted by atomic mass is 10.0. The highest BCUT2D eigenvalue weighted by Gasteiger charge is 2.15. The third-order valence-corrected chi connectivity index (χ3v) is 2.85. The Balaban J connectivity index is 2.04. The molecule has 0 aromatic carbocycles. The van der Waals surface area contributed by atoms with Gasteiger partial charge in [-0.15, -0.1) is 0 Å². The summed E-state index contributed by atoms with van der Waals surface area (Å²) in [6.07, 6.45) is 9.89. The highest BCUT2D eigenvalue weighted by Crippen LogP contribution is 2.23. The lowest BCUT2D eigenvalue weighted by Crippen LogP contribution is -2.19. The van der Waals surface area contributed by atoms with Crippen LogP contribution in [0.1, 0.15) is 32.6 Å². The molecule has 66 valence electrons. The molecule has 0 amide bonds. The Kier molecular flexibility index (Phi) is 2.20. The minimum Gasteiger partial charge on any atom is -0.375 e. The van der Waals surface area contributed by atoms with Crippen molar-refractivity contribution >= 4 is 0 Å². The second-order valence-electron chi connectivity index (χ2n) is 3.87. The van der Waals surface area contributed by atoms with E-state index in [1.165, 1.54) is 44.3 Å². The number of rotatable bonds is 1. The second kappa shape index (κ2) is 3.34. The molecule has 0 aromatic rings. The Hall–Kier alpha value is -0.720. The molecule has 0 aromatic heterocycles. The first-order valence-electron chi connectivity index (χ1n) is 4.97. The molecule has 1 aliphatic heterocycles. The predicted octanol–water partition coefficient (Wildman–Crippen LogP) is 2.71. The Morgan fingerprint density at radius 1 is 1.08 bits per heavy atom. The monoisotopic (exact) mass is 163 g/mol. The Morgan fingerprint density at radius 2 is 1.83 bits per heavy atom. The zero-order chi connectivity index (χ0) is 8.39. The van der Waals surface area contributed by atoms with Gasteiger partial charge in [-0.25, -0.2) is 0 Å². The quantitative estimate of drug-likeness (QED) is 0.574. The maximum Gasteiger partial charge on any atom is 0.0175 e. The van der Waals surface area contributed by atoms with Crippen molar-refractivity contribution in [2.45, 2.75) is 32.6 Å². The third-order valence-electron chi connectivity index (χ3n) is 2.85. The maximum absolute atomic E-state index is 2.54. The van der Waals surface area contributed by atoms with Gasteiger partial charge in [-0.1, -0.05) is 11.6 Å². The van der Waals surface area contributed by atoms with Gasteiger partial charge in [0.15, 0.2) is 0 Å². The minimum atomic E-state index is 1.27. The summed E-state index contributed by atoms with van der Waals surface area (Å²) in [7, 11) is 0. The van der Waals surface area contributed by atoms with Crippen molar-refractivity contribution in [3.63, 3.8) is 0 Å². The second-order valence-corrected chi connectivity index (χ2v) is 3.87. The Morgan fingerprint density at radius 3 is 2.42 bits per heavy atom. The van der Waals surface area contributed by atoms with E-state index in [2.05, 4.69) is 24.0 Å². The molecule has 1 nitrogen and oxygen atoms in total. The first-order valence-corrected chi connectivity index (χ1v) is 4.97.